The molecule has 0 bridgehead atoms. The van der Waals surface area contributed by atoms with Crippen molar-refractivity contribution in [3.05, 3.63) is 35.9 Å². The van der Waals surface area contributed by atoms with Crippen LogP contribution in [0.3, 0.4) is 0 Å². The normalized spacial score (nSPS) is 33.4. The molecule has 144 valence electrons. The van der Waals surface area contributed by atoms with E-state index in [2.05, 4.69) is 40.4 Å². The summed E-state index contributed by atoms with van der Waals surface area (Å²) in [6.07, 6.45) is 9.22. The molecule has 5 nitrogen and oxygen atoms in total. The summed E-state index contributed by atoms with van der Waals surface area (Å²) in [6.45, 7) is 0.593. The first kappa shape index (κ1) is 18.4. The van der Waals surface area contributed by atoms with E-state index in [1.165, 1.54) is 24.7 Å². The van der Waals surface area contributed by atoms with E-state index in [0.717, 1.165) is 32.1 Å². The molecule has 1 saturated heterocycles. The number of rotatable bonds is 6. The van der Waals surface area contributed by atoms with Gasteiger partial charge in [-0.2, -0.15) is 0 Å². The van der Waals surface area contributed by atoms with Crippen LogP contribution in [0.1, 0.15) is 56.4 Å². The fraction of sp³-hybridized carbons (Fsp3) is 0.700. The minimum absolute atomic E-state index is 0.0480. The molecular weight excluding hydrogens is 348 g/mol. The van der Waals surface area contributed by atoms with Gasteiger partial charge in [0, 0.05) is 17.6 Å². The van der Waals surface area contributed by atoms with E-state index in [4.69, 9.17) is 4.74 Å². The lowest BCUT2D eigenvalue weighted by Gasteiger charge is -2.30. The Morgan fingerprint density at radius 3 is 2.46 bits per heavy atom. The second kappa shape index (κ2) is 7.23. The van der Waals surface area contributed by atoms with Gasteiger partial charge in [0.1, 0.15) is 0 Å². The van der Waals surface area contributed by atoms with Gasteiger partial charge in [-0.25, -0.2) is 13.1 Å². The molecule has 1 spiro atoms. The fourth-order valence-electron chi connectivity index (χ4n) is 4.70. The van der Waals surface area contributed by atoms with Gasteiger partial charge in [0.05, 0.1) is 19.0 Å². The zero-order valence-electron chi connectivity index (χ0n) is 15.5. The molecule has 3 fully saturated rings. The molecule has 0 amide bonds. The van der Waals surface area contributed by atoms with Gasteiger partial charge in [-0.3, -0.25) is 0 Å². The third kappa shape index (κ3) is 4.47. The number of nitrogens with one attached hydrogen (secondary N) is 2. The zero-order chi connectivity index (χ0) is 18.2. The van der Waals surface area contributed by atoms with E-state index in [-0.39, 0.29) is 17.6 Å². The summed E-state index contributed by atoms with van der Waals surface area (Å²) in [5.74, 6) is 0.648. The molecule has 1 aliphatic heterocycles. The van der Waals surface area contributed by atoms with Crippen LogP contribution in [0.5, 0.6) is 0 Å². The van der Waals surface area contributed by atoms with Crippen molar-refractivity contribution < 1.29 is 13.2 Å². The zero-order valence-corrected chi connectivity index (χ0v) is 16.3. The Kier molecular flexibility index (Phi) is 5.12. The highest BCUT2D eigenvalue weighted by Gasteiger charge is 2.53. The first-order valence-corrected chi connectivity index (χ1v) is 11.7. The number of sulfonamides is 1. The maximum Gasteiger partial charge on any atom is 0.209 e. The van der Waals surface area contributed by atoms with Crippen molar-refractivity contribution in [1.29, 1.82) is 0 Å². The third-order valence-electron chi connectivity index (χ3n) is 6.26. The fourth-order valence-corrected chi connectivity index (χ4v) is 5.50. The summed E-state index contributed by atoms with van der Waals surface area (Å²) in [6, 6.07) is 10.8. The Morgan fingerprint density at radius 2 is 1.85 bits per heavy atom. The van der Waals surface area contributed by atoms with E-state index in [1.54, 1.807) is 0 Å². The molecule has 2 N–H and O–H groups in total. The van der Waals surface area contributed by atoms with E-state index in [0.29, 0.717) is 18.6 Å². The smallest absolute Gasteiger partial charge is 0.209 e. The van der Waals surface area contributed by atoms with Crippen LogP contribution in [0, 0.1) is 0 Å². The topological polar surface area (TPSA) is 67.4 Å². The van der Waals surface area contributed by atoms with Gasteiger partial charge >= 0.3 is 0 Å². The molecule has 26 heavy (non-hydrogen) atoms. The standard InChI is InChI=1S/C20H30N2O3S/c1-26(23,24)22-18-13-20(11-12-20)21-19(18)14-25-17-9-7-16(8-10-17)15-5-3-2-4-6-15/h2-6,16-19,21-22H,7-14H2,1H3. The lowest BCUT2D eigenvalue weighted by Crippen LogP contribution is -2.46. The summed E-state index contributed by atoms with van der Waals surface area (Å²) in [5.41, 5.74) is 1.61. The van der Waals surface area contributed by atoms with E-state index in [9.17, 15) is 8.42 Å². The molecule has 2 atom stereocenters. The molecular formula is C20H30N2O3S. The highest BCUT2D eigenvalue weighted by Crippen LogP contribution is 2.45. The lowest BCUT2D eigenvalue weighted by molar-refractivity contribution is 0.0120. The molecule has 2 unspecified atom stereocenters. The summed E-state index contributed by atoms with van der Waals surface area (Å²) in [4.78, 5) is 0. The van der Waals surface area contributed by atoms with Crippen molar-refractivity contribution in [2.45, 2.75) is 74.6 Å². The molecule has 0 aromatic heterocycles. The predicted molar refractivity (Wildman–Crippen MR) is 103 cm³/mol. The molecule has 1 aromatic carbocycles. The highest BCUT2D eigenvalue weighted by atomic mass is 32.2. The second-order valence-corrected chi connectivity index (χ2v) is 10.2. The maximum atomic E-state index is 11.7. The van der Waals surface area contributed by atoms with Gasteiger partial charge in [-0.05, 0) is 56.4 Å². The number of hydrogen-bond acceptors (Lipinski definition) is 4. The molecule has 2 aliphatic carbocycles. The quantitative estimate of drug-likeness (QED) is 0.798. The van der Waals surface area contributed by atoms with Crippen LogP contribution in [0.25, 0.3) is 0 Å². The predicted octanol–water partition coefficient (Wildman–Crippen LogP) is 2.54. The SMILES string of the molecule is CS(=O)(=O)NC1CC2(CC2)NC1COC1CCC(c2ccccc2)CC1. The number of hydrogen-bond donors (Lipinski definition) is 2. The van der Waals surface area contributed by atoms with E-state index >= 15 is 0 Å². The Labute approximate surface area is 156 Å². The average molecular weight is 379 g/mol. The van der Waals surface area contributed by atoms with Crippen LogP contribution in [0.2, 0.25) is 0 Å². The van der Waals surface area contributed by atoms with Crippen molar-refractivity contribution in [1.82, 2.24) is 10.0 Å². The van der Waals surface area contributed by atoms with E-state index < -0.39 is 10.0 Å². The minimum Gasteiger partial charge on any atom is -0.377 e. The van der Waals surface area contributed by atoms with Gasteiger partial charge in [0.15, 0.2) is 0 Å². The Bertz CT molecular complexity index is 710. The van der Waals surface area contributed by atoms with Crippen molar-refractivity contribution in [2.24, 2.45) is 0 Å². The molecule has 3 aliphatic rings. The highest BCUT2D eigenvalue weighted by molar-refractivity contribution is 7.88. The molecule has 1 aromatic rings. The van der Waals surface area contributed by atoms with Crippen LogP contribution in [-0.2, 0) is 14.8 Å². The summed E-state index contributed by atoms with van der Waals surface area (Å²) < 4.78 is 32.4. The molecule has 0 radical (unpaired) electrons. The number of benzene rings is 1. The monoisotopic (exact) mass is 378 g/mol. The second-order valence-electron chi connectivity index (χ2n) is 8.45. The largest absolute Gasteiger partial charge is 0.377 e. The van der Waals surface area contributed by atoms with Crippen molar-refractivity contribution in [2.75, 3.05) is 12.9 Å². The van der Waals surface area contributed by atoms with Gasteiger partial charge < -0.3 is 10.1 Å². The lowest BCUT2D eigenvalue weighted by atomic mass is 9.83. The Balaban J connectivity index is 1.27. The first-order chi connectivity index (χ1) is 12.4. The molecule has 4 rings (SSSR count). The summed E-state index contributed by atoms with van der Waals surface area (Å²) >= 11 is 0. The van der Waals surface area contributed by atoms with Crippen LogP contribution in [0.15, 0.2) is 30.3 Å². The van der Waals surface area contributed by atoms with Crippen molar-refractivity contribution >= 4 is 10.0 Å². The first-order valence-electron chi connectivity index (χ1n) is 9.84. The third-order valence-corrected chi connectivity index (χ3v) is 6.99. The van der Waals surface area contributed by atoms with Crippen LogP contribution in [0.4, 0.5) is 0 Å². The van der Waals surface area contributed by atoms with Gasteiger partial charge in [0.25, 0.3) is 0 Å². The minimum atomic E-state index is -3.19. The molecule has 1 heterocycles. The number of ether oxygens (including phenoxy) is 1. The van der Waals surface area contributed by atoms with E-state index in [1.807, 2.05) is 0 Å². The maximum absolute atomic E-state index is 11.7. The van der Waals surface area contributed by atoms with Crippen LogP contribution in [-0.4, -0.2) is 45.0 Å². The van der Waals surface area contributed by atoms with Crippen molar-refractivity contribution in [3.8, 4) is 0 Å². The molecule has 2 saturated carbocycles. The summed E-state index contributed by atoms with van der Waals surface area (Å²) in [7, 11) is -3.19. The van der Waals surface area contributed by atoms with Gasteiger partial charge in [-0.1, -0.05) is 30.3 Å². The summed E-state index contributed by atoms with van der Waals surface area (Å²) in [5, 5.41) is 3.64. The van der Waals surface area contributed by atoms with Crippen LogP contribution < -0.4 is 10.0 Å². The van der Waals surface area contributed by atoms with Gasteiger partial charge in [0.2, 0.25) is 10.0 Å². The van der Waals surface area contributed by atoms with Crippen molar-refractivity contribution in [3.63, 3.8) is 0 Å². The Hall–Kier alpha value is -0.950. The van der Waals surface area contributed by atoms with Crippen LogP contribution >= 0.6 is 0 Å². The Morgan fingerprint density at radius 1 is 1.15 bits per heavy atom. The van der Waals surface area contributed by atoms with Gasteiger partial charge in [-0.15, -0.1) is 0 Å². The molecule has 6 heteroatoms. The average Bonchev–Trinajstić information content (AvgIpc) is 3.28.